The summed E-state index contributed by atoms with van der Waals surface area (Å²) in [7, 11) is 1.29. The van der Waals surface area contributed by atoms with E-state index in [4.69, 9.17) is 37.6 Å². The van der Waals surface area contributed by atoms with Crippen molar-refractivity contribution in [3.63, 3.8) is 0 Å². The van der Waals surface area contributed by atoms with Gasteiger partial charge >= 0.3 is 23.9 Å². The molecule has 1 spiro atoms. The molecule has 13 nitrogen and oxygen atoms in total. The predicted molar refractivity (Wildman–Crippen MR) is 173 cm³/mol. The van der Waals surface area contributed by atoms with Crippen molar-refractivity contribution >= 4 is 23.9 Å². The summed E-state index contributed by atoms with van der Waals surface area (Å²) in [6.07, 6.45) is 3.00. The van der Waals surface area contributed by atoms with Crippen LogP contribution in [0, 0.1) is 28.1 Å². The Morgan fingerprint density at radius 1 is 1.12 bits per heavy atom. The minimum Gasteiger partial charge on any atom is -0.472 e. The van der Waals surface area contributed by atoms with Gasteiger partial charge in [0.25, 0.3) is 5.97 Å². The summed E-state index contributed by atoms with van der Waals surface area (Å²) >= 11 is 0. The lowest BCUT2D eigenvalue weighted by molar-refractivity contribution is -0.453. The molecule has 3 aliphatic heterocycles. The Morgan fingerprint density at radius 3 is 2.45 bits per heavy atom. The third-order valence-corrected chi connectivity index (χ3v) is 14.3. The highest BCUT2D eigenvalue weighted by Gasteiger charge is 3.03. The molecule has 1 N–H and O–H groups in total. The zero-order valence-corrected chi connectivity index (χ0v) is 30.4. The molecule has 2 saturated heterocycles. The second-order valence-electron chi connectivity index (χ2n) is 16.6. The van der Waals surface area contributed by atoms with Crippen molar-refractivity contribution in [2.24, 2.45) is 28.1 Å². The van der Waals surface area contributed by atoms with Gasteiger partial charge in [0.05, 0.1) is 19.6 Å². The average molecular weight is 711 g/mol. The van der Waals surface area contributed by atoms with Gasteiger partial charge in [-0.1, -0.05) is 40.7 Å². The topological polar surface area (TPSA) is 166 Å². The van der Waals surface area contributed by atoms with Gasteiger partial charge in [0.2, 0.25) is 5.60 Å². The summed E-state index contributed by atoms with van der Waals surface area (Å²) in [6, 6.07) is 1.74. The average Bonchev–Trinajstić information content (AvgIpc) is 3.86. The monoisotopic (exact) mass is 710 g/mol. The van der Waals surface area contributed by atoms with Gasteiger partial charge in [-0.15, -0.1) is 0 Å². The van der Waals surface area contributed by atoms with Gasteiger partial charge in [-0.3, -0.25) is 9.59 Å². The number of fused-ring (bicyclic) bond motifs is 4. The Bertz CT molecular complexity index is 1810. The van der Waals surface area contributed by atoms with E-state index in [-0.39, 0.29) is 19.3 Å². The van der Waals surface area contributed by atoms with E-state index in [9.17, 15) is 24.3 Å². The molecular formula is C38H46O13. The second kappa shape index (κ2) is 10.1. The molecule has 1 aromatic rings. The summed E-state index contributed by atoms with van der Waals surface area (Å²) in [5.41, 5.74) is -9.46. The standard InChI is InChI=1S/C38H46O13/c1-10-20(4)28(42)47-29-32(7)18-34(43)33(8,23(32)15-25(40)44-9)35-13-12-31(6)24(16-26(41)46-27(31)22-11-14-45-17-22)36(35)30(37(29,34)48-21(5)39)49-38(50-35,51-36)19(2)3/h10-11,14,16-17,19,23,27,29-30,43H,12-13,15,18H2,1-9H3/b20-10+/t23-,27+,29-,30-,31+,32+,33+,34+,35+,36-,37-,38+/m0/s1. The Labute approximate surface area is 295 Å². The lowest BCUT2D eigenvalue weighted by atomic mass is 9.34. The molecule has 0 aromatic carbocycles. The summed E-state index contributed by atoms with van der Waals surface area (Å²) in [5.74, 6) is -5.61. The third kappa shape index (κ3) is 3.48. The van der Waals surface area contributed by atoms with E-state index < -0.39 is 98.6 Å². The molecule has 4 bridgehead atoms. The lowest BCUT2D eigenvalue weighted by Crippen LogP contribution is -2.92. The number of allylic oxidation sites excluding steroid dienone is 1. The van der Waals surface area contributed by atoms with Gasteiger partial charge in [-0.25, -0.2) is 9.59 Å². The third-order valence-electron chi connectivity index (χ3n) is 14.3. The van der Waals surface area contributed by atoms with Crippen LogP contribution in [0.25, 0.3) is 0 Å². The fourth-order valence-corrected chi connectivity index (χ4v) is 12.1. The highest BCUT2D eigenvalue weighted by atomic mass is 17.0. The number of methoxy groups -OCH3 is 1. The number of cyclic esters (lactones) is 1. The van der Waals surface area contributed by atoms with Crippen molar-refractivity contribution in [3.8, 4) is 0 Å². The highest BCUT2D eigenvalue weighted by molar-refractivity contribution is 5.88. The van der Waals surface area contributed by atoms with Crippen LogP contribution >= 0.6 is 0 Å². The van der Waals surface area contributed by atoms with Crippen LogP contribution in [0.5, 0.6) is 0 Å². The number of hydrogen-bond acceptors (Lipinski definition) is 13. The minimum absolute atomic E-state index is 0.0377. The number of hydrogen-bond donors (Lipinski definition) is 1. The van der Waals surface area contributed by atoms with Crippen molar-refractivity contribution in [2.45, 2.75) is 128 Å². The number of furan rings is 1. The molecule has 0 amide bonds. The number of carbonyl (C=O) groups excluding carboxylic acids is 4. The molecule has 0 unspecified atom stereocenters. The molecule has 276 valence electrons. The predicted octanol–water partition coefficient (Wildman–Crippen LogP) is 4.37. The summed E-state index contributed by atoms with van der Waals surface area (Å²) in [5, 5.41) is 13.7. The van der Waals surface area contributed by atoms with Crippen LogP contribution in [-0.4, -0.2) is 76.7 Å². The van der Waals surface area contributed by atoms with E-state index in [0.29, 0.717) is 23.1 Å². The first-order valence-corrected chi connectivity index (χ1v) is 17.7. The van der Waals surface area contributed by atoms with Gasteiger partial charge in [-0.05, 0) is 50.7 Å². The molecule has 7 aliphatic rings. The number of ether oxygens (including phenoxy) is 7. The van der Waals surface area contributed by atoms with Gasteiger partial charge in [0, 0.05) is 52.7 Å². The van der Waals surface area contributed by atoms with Crippen LogP contribution in [0.15, 0.2) is 46.3 Å². The molecule has 51 heavy (non-hydrogen) atoms. The number of esters is 4. The molecule has 4 heterocycles. The van der Waals surface area contributed by atoms with E-state index >= 15 is 0 Å². The van der Waals surface area contributed by atoms with Gasteiger partial charge in [-0.2, -0.15) is 0 Å². The molecule has 0 radical (unpaired) electrons. The fourth-order valence-electron chi connectivity index (χ4n) is 12.1. The number of rotatable bonds is 7. The van der Waals surface area contributed by atoms with Crippen molar-refractivity contribution < 1.29 is 61.9 Å². The fraction of sp³-hybridized carbons (Fsp3) is 0.684. The summed E-state index contributed by atoms with van der Waals surface area (Å²) in [4.78, 5) is 54.6. The molecule has 1 aromatic heterocycles. The quantitative estimate of drug-likeness (QED) is 0.241. The first-order chi connectivity index (χ1) is 23.8. The van der Waals surface area contributed by atoms with Gasteiger partial charge in [0.1, 0.15) is 23.4 Å². The van der Waals surface area contributed by atoms with Crippen molar-refractivity contribution in [1.82, 2.24) is 0 Å². The molecule has 12 atom stereocenters. The largest absolute Gasteiger partial charge is 0.472 e. The van der Waals surface area contributed by atoms with Crippen LogP contribution in [-0.2, 0) is 52.3 Å². The Hall–Kier alpha value is -3.52. The van der Waals surface area contributed by atoms with Crippen LogP contribution in [0.2, 0.25) is 0 Å². The van der Waals surface area contributed by atoms with E-state index in [1.54, 1.807) is 26.0 Å². The molecule has 4 saturated carbocycles. The number of carbonyl (C=O) groups is 4. The Kier molecular flexibility index (Phi) is 6.86. The van der Waals surface area contributed by atoms with Crippen LogP contribution < -0.4 is 0 Å². The zero-order valence-electron chi connectivity index (χ0n) is 30.4. The van der Waals surface area contributed by atoms with Gasteiger partial charge in [0.15, 0.2) is 11.7 Å². The van der Waals surface area contributed by atoms with Crippen LogP contribution in [0.4, 0.5) is 0 Å². The van der Waals surface area contributed by atoms with E-state index in [0.717, 1.165) is 0 Å². The Morgan fingerprint density at radius 2 is 1.84 bits per heavy atom. The molecular weight excluding hydrogens is 664 g/mol. The van der Waals surface area contributed by atoms with Crippen molar-refractivity contribution in [2.75, 3.05) is 7.11 Å². The number of aliphatic hydroxyl groups is 1. The maximum atomic E-state index is 13.8. The lowest BCUT2D eigenvalue weighted by Gasteiger charge is -2.75. The van der Waals surface area contributed by atoms with Crippen molar-refractivity contribution in [1.29, 1.82) is 0 Å². The van der Waals surface area contributed by atoms with Gasteiger partial charge < -0.3 is 42.7 Å². The first kappa shape index (κ1) is 34.6. The van der Waals surface area contributed by atoms with Crippen molar-refractivity contribution in [3.05, 3.63) is 47.5 Å². The summed E-state index contributed by atoms with van der Waals surface area (Å²) in [6.45, 7) is 13.9. The van der Waals surface area contributed by atoms with Crippen LogP contribution in [0.1, 0.15) is 92.7 Å². The zero-order chi connectivity index (χ0) is 36.9. The molecule has 4 aliphatic carbocycles. The maximum absolute atomic E-state index is 13.8. The maximum Gasteiger partial charge on any atom is 0.333 e. The minimum atomic E-state index is -2.10. The van der Waals surface area contributed by atoms with E-state index in [1.807, 2.05) is 34.6 Å². The molecule has 13 heteroatoms. The molecule has 8 rings (SSSR count). The first-order valence-electron chi connectivity index (χ1n) is 17.7. The smallest absolute Gasteiger partial charge is 0.333 e. The van der Waals surface area contributed by atoms with Crippen LogP contribution in [0.3, 0.4) is 0 Å². The SMILES string of the molecule is C/C=C(\C)C(=O)O[C@H]1[C@]2(C)C[C@]3(O)[C@@]1(OC(C)=O)[C@H]1O[C@]4(C(C)C)O[C@]5(CC[C@]6(C)C(=CC(=O)O[C@@H]6c6ccoc6)[C@]15O4)[C@]3(C)[C@H]2CC(=O)OC. The molecule has 6 fully saturated rings. The second-order valence-corrected chi connectivity index (χ2v) is 16.6. The van der Waals surface area contributed by atoms with E-state index in [2.05, 4.69) is 0 Å². The summed E-state index contributed by atoms with van der Waals surface area (Å²) < 4.78 is 51.2. The Balaban J connectivity index is 1.48. The van der Waals surface area contributed by atoms with E-state index in [1.165, 1.54) is 32.6 Å². The highest BCUT2D eigenvalue weighted by Crippen LogP contribution is 2.88. The normalized spacial score (nSPS) is 48.5.